The van der Waals surface area contributed by atoms with Crippen molar-refractivity contribution in [2.45, 2.75) is 4.90 Å². The van der Waals surface area contributed by atoms with Crippen molar-refractivity contribution >= 4 is 27.4 Å². The molecule has 0 bridgehead atoms. The number of nitrogens with zero attached hydrogens (tertiary/aromatic N) is 1. The molecule has 0 heterocycles. The smallest absolute Gasteiger partial charge is 0.308 e. The monoisotopic (exact) mass is 316 g/mol. The lowest BCUT2D eigenvalue weighted by Gasteiger charge is -2.09. The number of primary sulfonamides is 1. The number of hydrogen-bond acceptors (Lipinski definition) is 4. The number of sulfonamides is 1. The Balaban J connectivity index is 2.08. The van der Waals surface area contributed by atoms with Gasteiger partial charge in [-0.2, -0.15) is 5.26 Å². The maximum absolute atomic E-state index is 11.9. The molecular formula is C14H12N4O3S. The van der Waals surface area contributed by atoms with E-state index in [1.54, 1.807) is 24.3 Å². The van der Waals surface area contributed by atoms with Crippen LogP contribution in [0.3, 0.4) is 0 Å². The number of para-hydroxylation sites is 1. The van der Waals surface area contributed by atoms with Gasteiger partial charge in [-0.15, -0.1) is 0 Å². The molecule has 2 aromatic carbocycles. The summed E-state index contributed by atoms with van der Waals surface area (Å²) in [5.41, 5.74) is 1.10. The minimum atomic E-state index is -3.77. The maximum atomic E-state index is 11.9. The molecule has 0 aliphatic carbocycles. The molecule has 22 heavy (non-hydrogen) atoms. The zero-order chi connectivity index (χ0) is 16.2. The summed E-state index contributed by atoms with van der Waals surface area (Å²) in [7, 11) is -3.77. The number of benzene rings is 2. The first-order valence-electron chi connectivity index (χ1n) is 6.10. The zero-order valence-electron chi connectivity index (χ0n) is 11.3. The quantitative estimate of drug-likeness (QED) is 0.799. The predicted molar refractivity (Wildman–Crippen MR) is 81.6 cm³/mol. The van der Waals surface area contributed by atoms with Crippen molar-refractivity contribution in [1.82, 2.24) is 0 Å². The van der Waals surface area contributed by atoms with Gasteiger partial charge in [-0.25, -0.2) is 18.4 Å². The number of urea groups is 1. The fourth-order valence-corrected chi connectivity index (χ4v) is 2.22. The predicted octanol–water partition coefficient (Wildman–Crippen LogP) is 1.85. The van der Waals surface area contributed by atoms with E-state index in [-0.39, 0.29) is 4.90 Å². The molecule has 0 unspecified atom stereocenters. The van der Waals surface area contributed by atoms with Gasteiger partial charge in [0.1, 0.15) is 6.07 Å². The molecule has 8 heteroatoms. The maximum Gasteiger partial charge on any atom is 0.323 e. The van der Waals surface area contributed by atoms with Crippen LogP contribution in [0, 0.1) is 11.3 Å². The van der Waals surface area contributed by atoms with Crippen LogP contribution in [-0.2, 0) is 10.0 Å². The molecule has 2 aromatic rings. The summed E-state index contributed by atoms with van der Waals surface area (Å²) in [5, 5.41) is 19.0. The average molecular weight is 316 g/mol. The molecular weight excluding hydrogens is 304 g/mol. The van der Waals surface area contributed by atoms with Gasteiger partial charge in [0, 0.05) is 5.69 Å². The van der Waals surface area contributed by atoms with E-state index < -0.39 is 16.1 Å². The molecule has 0 spiro atoms. The first-order chi connectivity index (χ1) is 10.4. The van der Waals surface area contributed by atoms with E-state index in [0.29, 0.717) is 16.9 Å². The number of carbonyl (C=O) groups is 1. The molecule has 2 rings (SSSR count). The summed E-state index contributed by atoms with van der Waals surface area (Å²) < 4.78 is 22.3. The minimum absolute atomic E-state index is 0.0479. The SMILES string of the molecule is N#Cc1ccccc1NC(=O)Nc1ccc(S(N)(=O)=O)cc1. The molecule has 0 aliphatic heterocycles. The molecule has 0 aromatic heterocycles. The van der Waals surface area contributed by atoms with Crippen molar-refractivity contribution in [1.29, 1.82) is 5.26 Å². The zero-order valence-corrected chi connectivity index (χ0v) is 12.1. The highest BCUT2D eigenvalue weighted by atomic mass is 32.2. The van der Waals surface area contributed by atoms with Gasteiger partial charge < -0.3 is 10.6 Å². The topological polar surface area (TPSA) is 125 Å². The molecule has 0 saturated carbocycles. The molecule has 0 saturated heterocycles. The van der Waals surface area contributed by atoms with Gasteiger partial charge >= 0.3 is 6.03 Å². The molecule has 2 amide bonds. The fourth-order valence-electron chi connectivity index (χ4n) is 1.70. The van der Waals surface area contributed by atoms with E-state index in [1.165, 1.54) is 24.3 Å². The van der Waals surface area contributed by atoms with Crippen molar-refractivity contribution in [3.63, 3.8) is 0 Å². The van der Waals surface area contributed by atoms with E-state index in [0.717, 1.165) is 0 Å². The second-order valence-corrected chi connectivity index (χ2v) is 5.87. The Hall–Kier alpha value is -2.89. The average Bonchev–Trinajstić information content (AvgIpc) is 2.47. The van der Waals surface area contributed by atoms with Crippen molar-refractivity contribution in [3.05, 3.63) is 54.1 Å². The van der Waals surface area contributed by atoms with Gasteiger partial charge in [-0.1, -0.05) is 12.1 Å². The van der Waals surface area contributed by atoms with Gasteiger partial charge in [-0.3, -0.25) is 0 Å². The highest BCUT2D eigenvalue weighted by Gasteiger charge is 2.09. The van der Waals surface area contributed by atoms with Crippen molar-refractivity contribution < 1.29 is 13.2 Å². The highest BCUT2D eigenvalue weighted by molar-refractivity contribution is 7.89. The Morgan fingerprint density at radius 2 is 1.68 bits per heavy atom. The summed E-state index contributed by atoms with van der Waals surface area (Å²) in [6, 6.07) is 13.4. The van der Waals surface area contributed by atoms with Crippen molar-refractivity contribution in [2.24, 2.45) is 5.14 Å². The van der Waals surface area contributed by atoms with Crippen LogP contribution >= 0.6 is 0 Å². The van der Waals surface area contributed by atoms with Crippen molar-refractivity contribution in [2.75, 3.05) is 10.6 Å². The summed E-state index contributed by atoms with van der Waals surface area (Å²) >= 11 is 0. The lowest BCUT2D eigenvalue weighted by atomic mass is 10.2. The van der Waals surface area contributed by atoms with Crippen LogP contribution in [0.25, 0.3) is 0 Å². The Morgan fingerprint density at radius 1 is 1.05 bits per heavy atom. The fraction of sp³-hybridized carbons (Fsp3) is 0. The number of amides is 2. The van der Waals surface area contributed by atoms with Gasteiger partial charge in [-0.05, 0) is 36.4 Å². The molecule has 0 aliphatic rings. The minimum Gasteiger partial charge on any atom is -0.308 e. The van der Waals surface area contributed by atoms with Crippen LogP contribution in [-0.4, -0.2) is 14.4 Å². The molecule has 4 N–H and O–H groups in total. The van der Waals surface area contributed by atoms with Crippen LogP contribution < -0.4 is 15.8 Å². The largest absolute Gasteiger partial charge is 0.323 e. The van der Waals surface area contributed by atoms with E-state index in [1.807, 2.05) is 6.07 Å². The Kier molecular flexibility index (Phi) is 4.41. The first kappa shape index (κ1) is 15.5. The van der Waals surface area contributed by atoms with Crippen LogP contribution in [0.1, 0.15) is 5.56 Å². The Morgan fingerprint density at radius 3 is 2.27 bits per heavy atom. The number of nitrogens with two attached hydrogens (primary N) is 1. The van der Waals surface area contributed by atoms with Gasteiger partial charge in [0.05, 0.1) is 16.1 Å². The van der Waals surface area contributed by atoms with E-state index in [2.05, 4.69) is 10.6 Å². The number of nitriles is 1. The van der Waals surface area contributed by atoms with Crippen LogP contribution in [0.5, 0.6) is 0 Å². The molecule has 0 atom stereocenters. The molecule has 7 nitrogen and oxygen atoms in total. The second kappa shape index (κ2) is 6.26. The third kappa shape index (κ3) is 3.82. The van der Waals surface area contributed by atoms with E-state index >= 15 is 0 Å². The summed E-state index contributed by atoms with van der Waals surface area (Å²) in [6.07, 6.45) is 0. The summed E-state index contributed by atoms with van der Waals surface area (Å²) in [6.45, 7) is 0. The lowest BCUT2D eigenvalue weighted by molar-refractivity contribution is 0.262. The van der Waals surface area contributed by atoms with Crippen LogP contribution in [0.2, 0.25) is 0 Å². The first-order valence-corrected chi connectivity index (χ1v) is 7.65. The number of rotatable bonds is 3. The van der Waals surface area contributed by atoms with Gasteiger partial charge in [0.15, 0.2) is 0 Å². The van der Waals surface area contributed by atoms with Gasteiger partial charge in [0.2, 0.25) is 10.0 Å². The summed E-state index contributed by atoms with van der Waals surface area (Å²) in [4.78, 5) is 11.8. The lowest BCUT2D eigenvalue weighted by Crippen LogP contribution is -2.20. The van der Waals surface area contributed by atoms with Gasteiger partial charge in [0.25, 0.3) is 0 Å². The standard InChI is InChI=1S/C14H12N4O3S/c15-9-10-3-1-2-4-13(10)18-14(19)17-11-5-7-12(8-6-11)22(16,20)21/h1-8H,(H2,16,20,21)(H2,17,18,19). The normalized spacial score (nSPS) is 10.5. The highest BCUT2D eigenvalue weighted by Crippen LogP contribution is 2.15. The third-order valence-electron chi connectivity index (χ3n) is 2.74. The molecule has 112 valence electrons. The number of nitrogens with one attached hydrogen (secondary N) is 2. The second-order valence-electron chi connectivity index (χ2n) is 4.31. The summed E-state index contributed by atoms with van der Waals surface area (Å²) in [5.74, 6) is 0. The third-order valence-corrected chi connectivity index (χ3v) is 3.67. The number of anilines is 2. The number of carbonyl (C=O) groups excluding carboxylic acids is 1. The van der Waals surface area contributed by atoms with Crippen LogP contribution in [0.15, 0.2) is 53.4 Å². The molecule has 0 radical (unpaired) electrons. The Labute approximate surface area is 127 Å². The van der Waals surface area contributed by atoms with E-state index in [4.69, 9.17) is 10.4 Å². The van der Waals surface area contributed by atoms with Crippen molar-refractivity contribution in [3.8, 4) is 6.07 Å². The number of hydrogen-bond donors (Lipinski definition) is 3. The van der Waals surface area contributed by atoms with Crippen LogP contribution in [0.4, 0.5) is 16.2 Å². The Bertz CT molecular complexity index is 839. The molecule has 0 fully saturated rings. The van der Waals surface area contributed by atoms with E-state index in [9.17, 15) is 13.2 Å².